The zero-order valence-corrected chi connectivity index (χ0v) is 42.0. The van der Waals surface area contributed by atoms with Crippen molar-refractivity contribution in [1.82, 2.24) is 0 Å². The lowest BCUT2D eigenvalue weighted by molar-refractivity contribution is 0.750. The molecule has 9 aromatic rings. The van der Waals surface area contributed by atoms with Crippen LogP contribution in [0.25, 0.3) is 11.1 Å². The number of hydrogen-bond acceptors (Lipinski definition) is 1. The summed E-state index contributed by atoms with van der Waals surface area (Å²) in [6.45, 7) is 18.9. The van der Waals surface area contributed by atoms with Crippen LogP contribution in [0.1, 0.15) is 109 Å². The Bertz CT molecular complexity index is 3310. The van der Waals surface area contributed by atoms with E-state index in [1.807, 2.05) is 0 Å². The van der Waals surface area contributed by atoms with Gasteiger partial charge in [-0.2, -0.15) is 0 Å². The average Bonchev–Trinajstić information content (AvgIpc) is 3.66. The Morgan fingerprint density at radius 1 is 0.420 bits per heavy atom. The quantitative estimate of drug-likeness (QED) is 0.144. The minimum absolute atomic E-state index is 0.0373. The Kier molecular flexibility index (Phi) is 10.3. The van der Waals surface area contributed by atoms with E-state index in [1.54, 1.807) is 0 Å². The lowest BCUT2D eigenvalue weighted by Gasteiger charge is -2.50. The Morgan fingerprint density at radius 2 is 0.899 bits per heavy atom. The van der Waals surface area contributed by atoms with Gasteiger partial charge in [-0.1, -0.05) is 215 Å². The van der Waals surface area contributed by atoms with Gasteiger partial charge in [-0.3, -0.25) is 0 Å². The van der Waals surface area contributed by atoms with Crippen LogP contribution in [-0.2, 0) is 5.41 Å². The Balaban J connectivity index is 1.21. The maximum absolute atomic E-state index is 2.64. The highest BCUT2D eigenvalue weighted by molar-refractivity contribution is 8.34. The maximum atomic E-state index is 2.64. The first kappa shape index (κ1) is 43.5. The van der Waals surface area contributed by atoms with Gasteiger partial charge >= 0.3 is 0 Å². The van der Waals surface area contributed by atoms with E-state index in [9.17, 15) is 0 Å². The molecule has 0 saturated heterocycles. The zero-order chi connectivity index (χ0) is 47.3. The lowest BCUT2D eigenvalue weighted by atomic mass is 9.34. The molecule has 69 heavy (non-hydrogen) atoms. The molecular formula is C66H60BNS. The summed E-state index contributed by atoms with van der Waals surface area (Å²) >= 11 is 0. The van der Waals surface area contributed by atoms with Gasteiger partial charge in [0.15, 0.2) is 0 Å². The number of rotatable bonds is 7. The van der Waals surface area contributed by atoms with E-state index in [2.05, 4.69) is 260 Å². The first-order valence-corrected chi connectivity index (χ1v) is 26.7. The topological polar surface area (TPSA) is 3.24 Å². The molecule has 1 nitrogen and oxygen atoms in total. The fraction of sp³-hybridized carbons (Fsp3) is 0.182. The van der Waals surface area contributed by atoms with Gasteiger partial charge < -0.3 is 4.90 Å². The van der Waals surface area contributed by atoms with E-state index >= 15 is 0 Å². The van der Waals surface area contributed by atoms with E-state index in [4.69, 9.17) is 0 Å². The molecule has 0 aromatic heterocycles. The SMILES string of the molecule is Cc1ccc2c(c1)C1(c3ccccc3-c3ccccc31)c1cc(C)ccc1N2c1ccc2c(c1)S(c1ccccc1)(c1ccccc1)c1ccccc1B2c1c(C(C)C)cc(C(C)C)cc1C(C)C. The third-order valence-corrected chi connectivity index (χ3v) is 19.7. The fourth-order valence-corrected chi connectivity index (χ4v) is 17.0. The van der Waals surface area contributed by atoms with Crippen LogP contribution in [0.5, 0.6) is 0 Å². The predicted molar refractivity (Wildman–Crippen MR) is 295 cm³/mol. The number of fused-ring (bicyclic) bond motifs is 11. The van der Waals surface area contributed by atoms with Crippen LogP contribution < -0.4 is 21.3 Å². The predicted octanol–water partition coefficient (Wildman–Crippen LogP) is 16.0. The molecule has 338 valence electrons. The average molecular weight is 910 g/mol. The summed E-state index contributed by atoms with van der Waals surface area (Å²) in [6, 6.07) is 78.1. The Morgan fingerprint density at radius 3 is 1.42 bits per heavy atom. The van der Waals surface area contributed by atoms with Crippen LogP contribution in [0.15, 0.2) is 220 Å². The van der Waals surface area contributed by atoms with Crippen LogP contribution in [0.3, 0.4) is 0 Å². The summed E-state index contributed by atoms with van der Waals surface area (Å²) in [5.74, 6) is 1.13. The fourth-order valence-electron chi connectivity index (χ4n) is 12.7. The summed E-state index contributed by atoms with van der Waals surface area (Å²) in [6.07, 6.45) is 0. The standard InChI is InChI=1S/C66H60BNS/c1-42(2)47-39-53(43(3)4)65(54(40-47)44(5)6)67-59-29-19-20-30-63(59)69(49-21-11-9-12-22-49,50-23-13-10-14-24-50)64-41-48(33-34-60(64)67)68-61-35-31-45(7)37-57(61)66(58-38-46(8)32-36-62(58)68)55-27-17-15-25-51(55)52-26-16-18-28-56(52)66/h9-44H,1-8H3. The van der Waals surface area contributed by atoms with Crippen molar-refractivity contribution in [2.45, 2.75) is 98.1 Å². The number of hydrogen-bond donors (Lipinski definition) is 0. The van der Waals surface area contributed by atoms with Crippen molar-refractivity contribution in [1.29, 1.82) is 0 Å². The highest BCUT2D eigenvalue weighted by Gasteiger charge is 2.52. The molecule has 0 saturated carbocycles. The zero-order valence-electron chi connectivity index (χ0n) is 41.2. The smallest absolute Gasteiger partial charge is 0.244 e. The molecule has 9 aromatic carbocycles. The van der Waals surface area contributed by atoms with Gasteiger partial charge in [-0.05, 0) is 146 Å². The maximum Gasteiger partial charge on any atom is 0.244 e. The summed E-state index contributed by atoms with van der Waals surface area (Å²) in [7, 11) is -2.06. The van der Waals surface area contributed by atoms with E-state index in [1.165, 1.54) is 114 Å². The summed E-state index contributed by atoms with van der Waals surface area (Å²) in [5.41, 5.74) is 22.4. The summed E-state index contributed by atoms with van der Waals surface area (Å²) in [5, 5.41) is 0. The largest absolute Gasteiger partial charge is 0.310 e. The molecule has 0 fully saturated rings. The Labute approximate surface area is 412 Å². The molecule has 0 bridgehead atoms. The van der Waals surface area contributed by atoms with Crippen molar-refractivity contribution in [3.8, 4) is 11.1 Å². The molecule has 3 aliphatic rings. The molecule has 0 unspecified atom stereocenters. The first-order valence-electron chi connectivity index (χ1n) is 25.1. The van der Waals surface area contributed by atoms with E-state index < -0.39 is 15.4 Å². The normalized spacial score (nSPS) is 15.1. The molecule has 0 atom stereocenters. The monoisotopic (exact) mass is 909 g/mol. The minimum Gasteiger partial charge on any atom is -0.310 e. The van der Waals surface area contributed by atoms with Crippen LogP contribution in [0, 0.1) is 13.8 Å². The van der Waals surface area contributed by atoms with E-state index in [0.29, 0.717) is 17.8 Å². The summed E-state index contributed by atoms with van der Waals surface area (Å²) < 4.78 is 0. The van der Waals surface area contributed by atoms with Crippen molar-refractivity contribution in [3.05, 3.63) is 250 Å². The number of aryl methyl sites for hydroxylation is 2. The van der Waals surface area contributed by atoms with Gasteiger partial charge in [-0.15, -0.1) is 10.0 Å². The van der Waals surface area contributed by atoms with Gasteiger partial charge in [-0.25, -0.2) is 0 Å². The van der Waals surface area contributed by atoms with Crippen molar-refractivity contribution >= 4 is 50.2 Å². The van der Waals surface area contributed by atoms with Crippen molar-refractivity contribution < 1.29 is 0 Å². The Hall–Kier alpha value is -6.81. The van der Waals surface area contributed by atoms with Gasteiger partial charge in [0.1, 0.15) is 0 Å². The van der Waals surface area contributed by atoms with Crippen LogP contribution >= 0.6 is 10.0 Å². The first-order chi connectivity index (χ1) is 33.5. The third-order valence-electron chi connectivity index (χ3n) is 15.7. The molecular weight excluding hydrogens is 850 g/mol. The van der Waals surface area contributed by atoms with Gasteiger partial charge in [0.2, 0.25) is 6.71 Å². The molecule has 1 spiro atoms. The number of benzene rings is 9. The van der Waals surface area contributed by atoms with Gasteiger partial charge in [0, 0.05) is 15.5 Å². The number of anilines is 3. The van der Waals surface area contributed by atoms with E-state index in [-0.39, 0.29) is 6.71 Å². The van der Waals surface area contributed by atoms with Crippen molar-refractivity contribution in [3.63, 3.8) is 0 Å². The minimum atomic E-state index is -2.06. The molecule has 0 radical (unpaired) electrons. The third kappa shape index (κ3) is 6.25. The van der Waals surface area contributed by atoms with Gasteiger partial charge in [0.25, 0.3) is 0 Å². The van der Waals surface area contributed by atoms with Crippen LogP contribution in [0.4, 0.5) is 17.1 Å². The van der Waals surface area contributed by atoms with Crippen LogP contribution in [0.2, 0.25) is 0 Å². The van der Waals surface area contributed by atoms with Crippen LogP contribution in [-0.4, -0.2) is 6.71 Å². The molecule has 2 aliphatic heterocycles. The molecule has 1 aliphatic carbocycles. The highest BCUT2D eigenvalue weighted by atomic mass is 32.3. The van der Waals surface area contributed by atoms with Gasteiger partial charge in [0.05, 0.1) is 16.8 Å². The molecule has 0 N–H and O–H groups in total. The van der Waals surface area contributed by atoms with Crippen molar-refractivity contribution in [2.24, 2.45) is 0 Å². The molecule has 0 amide bonds. The molecule has 3 heteroatoms. The second-order valence-corrected chi connectivity index (χ2v) is 23.8. The second kappa shape index (κ2) is 16.4. The highest BCUT2D eigenvalue weighted by Crippen LogP contribution is 2.74. The number of nitrogens with zero attached hydrogens (tertiary/aromatic N) is 1. The van der Waals surface area contributed by atoms with E-state index in [0.717, 1.165) is 0 Å². The lowest BCUT2D eigenvalue weighted by Crippen LogP contribution is -2.59. The van der Waals surface area contributed by atoms with Crippen molar-refractivity contribution in [2.75, 3.05) is 4.90 Å². The second-order valence-electron chi connectivity index (χ2n) is 20.7. The molecule has 2 heterocycles. The molecule has 12 rings (SSSR count). The summed E-state index contributed by atoms with van der Waals surface area (Å²) in [4.78, 5) is 8.17.